The molecule has 4 nitrogen and oxygen atoms in total. The van der Waals surface area contributed by atoms with Gasteiger partial charge in [-0.3, -0.25) is 0 Å². The lowest BCUT2D eigenvalue weighted by molar-refractivity contribution is 0.552. The molecule has 6 heteroatoms. The third kappa shape index (κ3) is 3.43. The molecule has 0 saturated heterocycles. The van der Waals surface area contributed by atoms with E-state index in [1.54, 1.807) is 18.2 Å². The van der Waals surface area contributed by atoms with Gasteiger partial charge in [-0.2, -0.15) is 11.8 Å². The molecule has 0 amide bonds. The largest absolute Gasteiger partial charge is 0.399 e. The van der Waals surface area contributed by atoms with E-state index in [1.165, 1.54) is 0 Å². The van der Waals surface area contributed by atoms with Gasteiger partial charge in [0.15, 0.2) is 0 Å². The molecule has 0 aliphatic heterocycles. The van der Waals surface area contributed by atoms with Gasteiger partial charge in [-0.05, 0) is 56.2 Å². The van der Waals surface area contributed by atoms with Crippen LogP contribution in [0.3, 0.4) is 0 Å². The third-order valence-electron chi connectivity index (χ3n) is 3.59. The van der Waals surface area contributed by atoms with Gasteiger partial charge in [0.2, 0.25) is 10.0 Å². The number of thioether (sulfide) groups is 1. The van der Waals surface area contributed by atoms with Crippen LogP contribution in [0.15, 0.2) is 23.1 Å². The summed E-state index contributed by atoms with van der Waals surface area (Å²) in [6.07, 6.45) is 4.98. The van der Waals surface area contributed by atoms with Crippen molar-refractivity contribution in [1.82, 2.24) is 4.72 Å². The maximum absolute atomic E-state index is 12.3. The van der Waals surface area contributed by atoms with Gasteiger partial charge in [0.05, 0.1) is 4.90 Å². The number of sulfonamides is 1. The predicted octanol–water partition coefficient (Wildman–Crippen LogP) is 2.14. The van der Waals surface area contributed by atoms with Crippen molar-refractivity contribution in [2.24, 2.45) is 0 Å². The summed E-state index contributed by atoms with van der Waals surface area (Å²) in [6, 6.07) is 4.88. The van der Waals surface area contributed by atoms with E-state index in [0.717, 1.165) is 24.8 Å². The van der Waals surface area contributed by atoms with Gasteiger partial charge in [-0.1, -0.05) is 0 Å². The van der Waals surface area contributed by atoms with Gasteiger partial charge in [-0.25, -0.2) is 13.1 Å². The topological polar surface area (TPSA) is 72.2 Å². The molecule has 1 aromatic carbocycles. The molecule has 1 aliphatic rings. The SMILES string of the molecule is CSC1CCC(NS(=O)(=O)c2ccc(N)c(C)c2)C1. The van der Waals surface area contributed by atoms with Crippen LogP contribution in [0.4, 0.5) is 5.69 Å². The highest BCUT2D eigenvalue weighted by Crippen LogP contribution is 2.29. The Hall–Kier alpha value is -0.720. The van der Waals surface area contributed by atoms with E-state index in [9.17, 15) is 8.42 Å². The van der Waals surface area contributed by atoms with Crippen molar-refractivity contribution in [3.8, 4) is 0 Å². The summed E-state index contributed by atoms with van der Waals surface area (Å²) in [5.41, 5.74) is 7.12. The molecule has 2 atom stereocenters. The lowest BCUT2D eigenvalue weighted by Crippen LogP contribution is -2.33. The predicted molar refractivity (Wildman–Crippen MR) is 80.9 cm³/mol. The first-order valence-electron chi connectivity index (χ1n) is 6.33. The Kier molecular flexibility index (Phi) is 4.43. The maximum Gasteiger partial charge on any atom is 0.240 e. The Morgan fingerprint density at radius 2 is 2.11 bits per heavy atom. The number of benzene rings is 1. The smallest absolute Gasteiger partial charge is 0.240 e. The fourth-order valence-electron chi connectivity index (χ4n) is 2.36. The number of nitrogen functional groups attached to an aromatic ring is 1. The number of hydrogen-bond donors (Lipinski definition) is 2. The molecule has 106 valence electrons. The third-order valence-corrected chi connectivity index (χ3v) is 6.20. The molecule has 0 aromatic heterocycles. The van der Waals surface area contributed by atoms with Gasteiger partial charge < -0.3 is 5.73 Å². The number of aryl methyl sites for hydroxylation is 1. The van der Waals surface area contributed by atoms with Crippen LogP contribution in [0.1, 0.15) is 24.8 Å². The minimum absolute atomic E-state index is 0.0558. The van der Waals surface area contributed by atoms with Crippen molar-refractivity contribution < 1.29 is 8.42 Å². The van der Waals surface area contributed by atoms with Gasteiger partial charge >= 0.3 is 0 Å². The fraction of sp³-hybridized carbons (Fsp3) is 0.538. The van der Waals surface area contributed by atoms with E-state index in [1.807, 2.05) is 18.7 Å². The van der Waals surface area contributed by atoms with Crippen molar-refractivity contribution in [1.29, 1.82) is 0 Å². The van der Waals surface area contributed by atoms with Gasteiger partial charge in [0.1, 0.15) is 0 Å². The molecule has 0 radical (unpaired) electrons. The van der Waals surface area contributed by atoms with Crippen LogP contribution in [0.2, 0.25) is 0 Å². The van der Waals surface area contributed by atoms with Crippen LogP contribution in [0.25, 0.3) is 0 Å². The minimum Gasteiger partial charge on any atom is -0.399 e. The highest BCUT2D eigenvalue weighted by Gasteiger charge is 2.28. The molecule has 19 heavy (non-hydrogen) atoms. The summed E-state index contributed by atoms with van der Waals surface area (Å²) in [5.74, 6) is 0. The zero-order chi connectivity index (χ0) is 14.0. The van der Waals surface area contributed by atoms with E-state index in [2.05, 4.69) is 11.0 Å². The van der Waals surface area contributed by atoms with E-state index < -0.39 is 10.0 Å². The second-order valence-corrected chi connectivity index (χ2v) is 7.86. The lowest BCUT2D eigenvalue weighted by atomic mass is 10.2. The Morgan fingerprint density at radius 1 is 1.37 bits per heavy atom. The van der Waals surface area contributed by atoms with Crippen molar-refractivity contribution >= 4 is 27.5 Å². The van der Waals surface area contributed by atoms with Crippen molar-refractivity contribution in [2.75, 3.05) is 12.0 Å². The Balaban J connectivity index is 2.12. The summed E-state index contributed by atoms with van der Waals surface area (Å²) in [7, 11) is -3.43. The van der Waals surface area contributed by atoms with Crippen molar-refractivity contribution in [3.05, 3.63) is 23.8 Å². The minimum atomic E-state index is -3.43. The standard InChI is InChI=1S/C13H20N2O2S2/c1-9-7-12(5-6-13(9)14)19(16,17)15-10-3-4-11(8-10)18-2/h5-7,10-11,15H,3-4,8,14H2,1-2H3. The van der Waals surface area contributed by atoms with Gasteiger partial charge in [0, 0.05) is 17.0 Å². The number of anilines is 1. The quantitative estimate of drug-likeness (QED) is 0.836. The summed E-state index contributed by atoms with van der Waals surface area (Å²) in [6.45, 7) is 1.81. The summed E-state index contributed by atoms with van der Waals surface area (Å²) < 4.78 is 27.4. The van der Waals surface area contributed by atoms with Crippen LogP contribution in [0, 0.1) is 6.92 Å². The van der Waals surface area contributed by atoms with Gasteiger partial charge in [-0.15, -0.1) is 0 Å². The molecule has 1 saturated carbocycles. The highest BCUT2D eigenvalue weighted by molar-refractivity contribution is 7.99. The van der Waals surface area contributed by atoms with E-state index in [-0.39, 0.29) is 6.04 Å². The first-order valence-corrected chi connectivity index (χ1v) is 9.10. The van der Waals surface area contributed by atoms with Crippen LogP contribution in [-0.2, 0) is 10.0 Å². The molecule has 1 fully saturated rings. The first kappa shape index (κ1) is 14.7. The van der Waals surface area contributed by atoms with E-state index >= 15 is 0 Å². The van der Waals surface area contributed by atoms with Crippen molar-refractivity contribution in [2.45, 2.75) is 42.4 Å². The molecule has 3 N–H and O–H groups in total. The van der Waals surface area contributed by atoms with Crippen LogP contribution < -0.4 is 10.5 Å². The molecule has 0 bridgehead atoms. The number of nitrogens with two attached hydrogens (primary N) is 1. The maximum atomic E-state index is 12.3. The molecule has 1 aromatic rings. The normalized spacial score (nSPS) is 23.7. The average Bonchev–Trinajstić information content (AvgIpc) is 2.79. The number of hydrogen-bond acceptors (Lipinski definition) is 4. The average molecular weight is 300 g/mol. The second kappa shape index (κ2) is 5.73. The molecule has 0 spiro atoms. The van der Waals surface area contributed by atoms with Crippen LogP contribution >= 0.6 is 11.8 Å². The van der Waals surface area contributed by atoms with E-state index in [0.29, 0.717) is 15.8 Å². The highest BCUT2D eigenvalue weighted by atomic mass is 32.2. The summed E-state index contributed by atoms with van der Waals surface area (Å²) in [5, 5.41) is 0.570. The fourth-order valence-corrected chi connectivity index (χ4v) is 4.53. The zero-order valence-electron chi connectivity index (χ0n) is 11.2. The Bertz CT molecular complexity index is 558. The van der Waals surface area contributed by atoms with E-state index in [4.69, 9.17) is 5.73 Å². The molecule has 0 heterocycles. The first-order chi connectivity index (χ1) is 8.92. The molecule has 2 rings (SSSR count). The Labute approximate surface area is 119 Å². The zero-order valence-corrected chi connectivity index (χ0v) is 12.9. The number of nitrogens with one attached hydrogen (secondary N) is 1. The monoisotopic (exact) mass is 300 g/mol. The van der Waals surface area contributed by atoms with Crippen LogP contribution in [-0.4, -0.2) is 26.0 Å². The summed E-state index contributed by atoms with van der Waals surface area (Å²) >= 11 is 1.81. The molecular weight excluding hydrogens is 280 g/mol. The van der Waals surface area contributed by atoms with Crippen LogP contribution in [0.5, 0.6) is 0 Å². The lowest BCUT2D eigenvalue weighted by Gasteiger charge is -2.14. The van der Waals surface area contributed by atoms with Crippen molar-refractivity contribution in [3.63, 3.8) is 0 Å². The second-order valence-electron chi connectivity index (χ2n) is 5.01. The molecule has 2 unspecified atom stereocenters. The number of rotatable bonds is 4. The molecular formula is C13H20N2O2S2. The Morgan fingerprint density at radius 3 is 2.68 bits per heavy atom. The molecule has 1 aliphatic carbocycles. The van der Waals surface area contributed by atoms with Gasteiger partial charge in [0.25, 0.3) is 0 Å². The summed E-state index contributed by atoms with van der Waals surface area (Å²) in [4.78, 5) is 0.298.